The van der Waals surface area contributed by atoms with Gasteiger partial charge in [-0.15, -0.1) is 0 Å². The van der Waals surface area contributed by atoms with Crippen molar-refractivity contribution in [3.05, 3.63) is 70.2 Å². The van der Waals surface area contributed by atoms with Gasteiger partial charge in [0.1, 0.15) is 22.6 Å². The summed E-state index contributed by atoms with van der Waals surface area (Å²) in [6, 6.07) is 16.4. The number of aromatic nitrogens is 3. The van der Waals surface area contributed by atoms with E-state index in [4.69, 9.17) is 9.97 Å². The Morgan fingerprint density at radius 2 is 1.69 bits per heavy atom. The normalized spacial score (nSPS) is 23.6. The van der Waals surface area contributed by atoms with Crippen molar-refractivity contribution in [1.29, 1.82) is 0 Å². The fourth-order valence-electron chi connectivity index (χ4n) is 6.98. The number of thiazole rings is 1. The number of rotatable bonds is 5. The van der Waals surface area contributed by atoms with Gasteiger partial charge in [0.2, 0.25) is 5.91 Å². The summed E-state index contributed by atoms with van der Waals surface area (Å²) >= 11 is 3.85. The van der Waals surface area contributed by atoms with Crippen LogP contribution in [0.2, 0.25) is 10.6 Å². The Morgan fingerprint density at radius 3 is 2.46 bits per heavy atom. The number of fused-ring (bicyclic) bond motifs is 3. The molecule has 0 spiro atoms. The molecule has 0 radical (unpaired) electrons. The fraction of sp³-hybridized carbons (Fsp3) is 0.419. The number of halogens is 1. The minimum Gasteiger partial charge on any atom is -0.326 e. The molecular formula is C31H34BIN4OS. The van der Waals surface area contributed by atoms with E-state index in [2.05, 4.69) is 57.2 Å². The molecule has 0 saturated carbocycles. The number of nitrogens with zero attached hydrogens (tertiary/aromatic N) is 3. The maximum Gasteiger partial charge on any atom is 0.222 e. The molecule has 5 nitrogen and oxygen atoms in total. The molecule has 2 aliphatic heterocycles. The van der Waals surface area contributed by atoms with Gasteiger partial charge in [-0.25, -0.2) is 9.97 Å². The van der Waals surface area contributed by atoms with Crippen molar-refractivity contribution in [3.63, 3.8) is 0 Å². The van der Waals surface area contributed by atoms with Gasteiger partial charge < -0.3 is 5.32 Å². The Balaban J connectivity index is 1.33. The summed E-state index contributed by atoms with van der Waals surface area (Å²) in [7, 11) is 0.952. The van der Waals surface area contributed by atoms with Crippen LogP contribution in [0.5, 0.6) is 0 Å². The lowest BCUT2D eigenvalue weighted by Crippen LogP contribution is -2.43. The highest BCUT2D eigenvalue weighted by Crippen LogP contribution is 2.55. The van der Waals surface area contributed by atoms with Gasteiger partial charge in [-0.2, -0.15) is 0 Å². The van der Waals surface area contributed by atoms with Crippen LogP contribution in [-0.4, -0.2) is 28.1 Å². The van der Waals surface area contributed by atoms with Crippen LogP contribution in [0.4, 0.5) is 5.69 Å². The van der Waals surface area contributed by atoms with Gasteiger partial charge in [0.25, 0.3) is 0 Å². The van der Waals surface area contributed by atoms with Gasteiger partial charge >= 0.3 is 0 Å². The zero-order chi connectivity index (χ0) is 26.7. The third kappa shape index (κ3) is 5.92. The molecule has 39 heavy (non-hydrogen) atoms. The standard InChI is InChI=1S/C31H34BIN4OS/c33-22-19-26-28(35-21-22)39-27(36-26)24-12-3-4-13-25(24)37-29(38)31-16-8-1-6-14-30(32-31,15-7-2-9-17-31)20-23-11-5-10-18-34-23/h3-5,10-13,18-19,21,32H,1-2,6-9,14-17,20H2,(H,37,38). The van der Waals surface area contributed by atoms with E-state index in [0.29, 0.717) is 0 Å². The fourth-order valence-corrected chi connectivity index (χ4v) is 8.35. The van der Waals surface area contributed by atoms with Gasteiger partial charge in [-0.05, 0) is 77.5 Å². The molecule has 2 bridgehead atoms. The third-order valence-electron chi connectivity index (χ3n) is 8.82. The lowest BCUT2D eigenvalue weighted by Gasteiger charge is -2.45. The highest BCUT2D eigenvalue weighted by Gasteiger charge is 2.48. The van der Waals surface area contributed by atoms with Crippen LogP contribution in [-0.2, 0) is 11.2 Å². The first-order valence-electron chi connectivity index (χ1n) is 14.3. The quantitative estimate of drug-likeness (QED) is 0.175. The third-order valence-corrected chi connectivity index (χ3v) is 10.4. The van der Waals surface area contributed by atoms with Crippen molar-refractivity contribution in [2.45, 2.75) is 81.3 Å². The molecule has 3 aromatic heterocycles. The molecule has 1 amide bonds. The van der Waals surface area contributed by atoms with E-state index in [1.165, 1.54) is 38.5 Å². The minimum absolute atomic E-state index is 0.127. The van der Waals surface area contributed by atoms with Gasteiger partial charge in [-0.3, -0.25) is 9.78 Å². The smallest absolute Gasteiger partial charge is 0.222 e. The van der Waals surface area contributed by atoms with Crippen LogP contribution >= 0.6 is 33.9 Å². The maximum absolute atomic E-state index is 14.5. The molecule has 6 rings (SSSR count). The van der Waals surface area contributed by atoms with Crippen molar-refractivity contribution >= 4 is 63.1 Å². The Bertz CT molecular complexity index is 1450. The van der Waals surface area contributed by atoms with E-state index in [1.54, 1.807) is 11.3 Å². The molecule has 2 saturated heterocycles. The number of nitrogens with one attached hydrogen (secondary N) is 1. The van der Waals surface area contributed by atoms with Crippen LogP contribution in [0.15, 0.2) is 60.9 Å². The summed E-state index contributed by atoms with van der Waals surface area (Å²) in [5.41, 5.74) is 3.89. The summed E-state index contributed by atoms with van der Waals surface area (Å²) in [6.07, 6.45) is 16.2. The highest BCUT2D eigenvalue weighted by molar-refractivity contribution is 14.1. The van der Waals surface area contributed by atoms with E-state index >= 15 is 0 Å². The first kappa shape index (κ1) is 26.9. The summed E-state index contributed by atoms with van der Waals surface area (Å²) in [6.45, 7) is 0. The predicted molar refractivity (Wildman–Crippen MR) is 171 cm³/mol. The van der Waals surface area contributed by atoms with Crippen molar-refractivity contribution in [3.8, 4) is 10.6 Å². The molecule has 200 valence electrons. The monoisotopic (exact) mass is 648 g/mol. The molecule has 1 aromatic carbocycles. The largest absolute Gasteiger partial charge is 0.326 e. The maximum atomic E-state index is 14.5. The van der Waals surface area contributed by atoms with Crippen LogP contribution < -0.4 is 5.32 Å². The molecule has 2 aliphatic rings. The second kappa shape index (κ2) is 11.7. The second-order valence-electron chi connectivity index (χ2n) is 11.6. The van der Waals surface area contributed by atoms with Crippen LogP contribution in [0.25, 0.3) is 20.9 Å². The van der Waals surface area contributed by atoms with E-state index in [-0.39, 0.29) is 16.5 Å². The second-order valence-corrected chi connectivity index (χ2v) is 13.8. The lowest BCUT2D eigenvalue weighted by atomic mass is 9.32. The zero-order valence-corrected chi connectivity index (χ0v) is 25.3. The Kier molecular flexibility index (Phi) is 8.03. The number of carbonyl (C=O) groups is 1. The summed E-state index contributed by atoms with van der Waals surface area (Å²) in [5, 5.41) is 4.12. The first-order valence-corrected chi connectivity index (χ1v) is 16.2. The van der Waals surface area contributed by atoms with Gasteiger partial charge in [0.05, 0.1) is 5.69 Å². The number of anilines is 1. The van der Waals surface area contributed by atoms with Crippen molar-refractivity contribution < 1.29 is 4.79 Å². The summed E-state index contributed by atoms with van der Waals surface area (Å²) in [4.78, 5) is 29.6. The molecule has 8 heteroatoms. The Morgan fingerprint density at radius 1 is 0.949 bits per heavy atom. The van der Waals surface area contributed by atoms with Crippen LogP contribution in [0.3, 0.4) is 0 Å². The van der Waals surface area contributed by atoms with Gasteiger partial charge in [0.15, 0.2) is 0 Å². The van der Waals surface area contributed by atoms with Crippen LogP contribution in [0, 0.1) is 3.57 Å². The molecule has 0 aliphatic carbocycles. The van der Waals surface area contributed by atoms with Crippen molar-refractivity contribution in [2.24, 2.45) is 0 Å². The number of benzene rings is 1. The highest BCUT2D eigenvalue weighted by atomic mass is 127. The zero-order valence-electron chi connectivity index (χ0n) is 22.3. The number of pyridine rings is 2. The number of hydrogen-bond donors (Lipinski definition) is 1. The average molecular weight is 648 g/mol. The summed E-state index contributed by atoms with van der Waals surface area (Å²) < 4.78 is 1.07. The topological polar surface area (TPSA) is 67.8 Å². The Labute approximate surface area is 249 Å². The molecule has 1 N–H and O–H groups in total. The van der Waals surface area contributed by atoms with Crippen molar-refractivity contribution in [2.75, 3.05) is 5.32 Å². The molecule has 5 heterocycles. The SMILES string of the molecule is O=C(Nc1ccccc1-c1nc2cc(I)cnc2s1)C12BC(Cc3ccccn3)(CCCCC1)CCCCC2. The minimum atomic E-state index is -0.353. The van der Waals surface area contributed by atoms with Crippen molar-refractivity contribution in [1.82, 2.24) is 15.0 Å². The molecular weight excluding hydrogens is 614 g/mol. The summed E-state index contributed by atoms with van der Waals surface area (Å²) in [5.74, 6) is 0.193. The van der Waals surface area contributed by atoms with Gasteiger partial charge in [-0.1, -0.05) is 80.9 Å². The molecule has 0 unspecified atom stereocenters. The molecule has 4 aromatic rings. The predicted octanol–water partition coefficient (Wildman–Crippen LogP) is 8.22. The number of amides is 1. The van der Waals surface area contributed by atoms with E-state index in [0.717, 1.165) is 75.3 Å². The van der Waals surface area contributed by atoms with E-state index in [9.17, 15) is 4.79 Å². The lowest BCUT2D eigenvalue weighted by molar-refractivity contribution is -0.119. The number of hydrogen-bond acceptors (Lipinski definition) is 5. The average Bonchev–Trinajstić information content (AvgIpc) is 3.33. The van der Waals surface area contributed by atoms with Gasteiger partial charge in [0, 0.05) is 32.5 Å². The molecule has 2 fully saturated rings. The Hall–Kier alpha value is -2.33. The van der Waals surface area contributed by atoms with E-state index in [1.807, 2.05) is 36.7 Å². The number of para-hydroxylation sites is 1. The van der Waals surface area contributed by atoms with Crippen LogP contribution in [0.1, 0.15) is 69.9 Å². The first-order chi connectivity index (χ1) is 19.0. The number of carbonyl (C=O) groups excluding carboxylic acids is 1. The van der Waals surface area contributed by atoms with E-state index < -0.39 is 0 Å². The molecule has 0 atom stereocenters.